The van der Waals surface area contributed by atoms with Crippen molar-refractivity contribution in [2.45, 2.75) is 38.1 Å². The fourth-order valence-corrected chi connectivity index (χ4v) is 3.11. The molecule has 0 radical (unpaired) electrons. The molecular formula is C14H25N3O2. The molecule has 2 aliphatic rings. The maximum absolute atomic E-state index is 12.2. The molecule has 0 unspecified atom stereocenters. The van der Waals surface area contributed by atoms with Gasteiger partial charge in [-0.05, 0) is 38.6 Å². The molecule has 1 N–H and O–H groups in total. The van der Waals surface area contributed by atoms with Gasteiger partial charge in [0.05, 0.1) is 0 Å². The molecule has 0 aromatic heterocycles. The number of hydrogen-bond donors (Lipinski definition) is 1. The normalized spacial score (nSPS) is 28.3. The van der Waals surface area contributed by atoms with Gasteiger partial charge in [0.25, 0.3) is 0 Å². The molecule has 0 spiro atoms. The summed E-state index contributed by atoms with van der Waals surface area (Å²) in [5, 5.41) is 3.32. The molecule has 0 aromatic carbocycles. The summed E-state index contributed by atoms with van der Waals surface area (Å²) in [4.78, 5) is 26.5. The average Bonchev–Trinajstić information content (AvgIpc) is 2.48. The van der Waals surface area contributed by atoms with Crippen LogP contribution in [0.5, 0.6) is 0 Å². The van der Waals surface area contributed by atoms with E-state index in [1.165, 1.54) is 12.8 Å². The van der Waals surface area contributed by atoms with Crippen molar-refractivity contribution in [1.29, 1.82) is 0 Å². The first-order chi connectivity index (χ1) is 9.22. The molecule has 5 nitrogen and oxygen atoms in total. The highest BCUT2D eigenvalue weighted by Gasteiger charge is 2.26. The minimum atomic E-state index is 0.276. The molecule has 1 heterocycles. The van der Waals surface area contributed by atoms with E-state index in [9.17, 15) is 9.59 Å². The fraction of sp³-hybridized carbons (Fsp3) is 0.857. The van der Waals surface area contributed by atoms with E-state index in [0.29, 0.717) is 44.6 Å². The van der Waals surface area contributed by atoms with Crippen molar-refractivity contribution in [3.05, 3.63) is 0 Å². The van der Waals surface area contributed by atoms with Crippen LogP contribution in [-0.2, 0) is 9.59 Å². The third-order valence-electron chi connectivity index (χ3n) is 4.53. The Morgan fingerprint density at radius 2 is 1.79 bits per heavy atom. The lowest BCUT2D eigenvalue weighted by Gasteiger charge is -2.34. The van der Waals surface area contributed by atoms with E-state index < -0.39 is 0 Å². The SMILES string of the molecule is CNC1CCC(CC(=O)N2CCN(C=O)CC2)CC1. The lowest BCUT2D eigenvalue weighted by molar-refractivity contribution is -0.136. The molecular weight excluding hydrogens is 242 g/mol. The zero-order valence-electron chi connectivity index (χ0n) is 11.8. The molecule has 1 saturated carbocycles. The van der Waals surface area contributed by atoms with Gasteiger partial charge in [-0.2, -0.15) is 0 Å². The Kier molecular flexibility index (Phi) is 5.19. The van der Waals surface area contributed by atoms with Crippen LogP contribution in [0.2, 0.25) is 0 Å². The minimum Gasteiger partial charge on any atom is -0.342 e. The van der Waals surface area contributed by atoms with E-state index in [-0.39, 0.29) is 5.91 Å². The van der Waals surface area contributed by atoms with Crippen molar-refractivity contribution in [2.75, 3.05) is 33.2 Å². The highest BCUT2D eigenvalue weighted by atomic mass is 16.2. The van der Waals surface area contributed by atoms with Gasteiger partial charge in [-0.3, -0.25) is 9.59 Å². The number of carbonyl (C=O) groups is 2. The number of nitrogens with zero attached hydrogens (tertiary/aromatic N) is 2. The molecule has 1 aliphatic heterocycles. The van der Waals surface area contributed by atoms with Crippen LogP contribution in [0.1, 0.15) is 32.1 Å². The third kappa shape index (κ3) is 3.93. The zero-order valence-corrected chi connectivity index (χ0v) is 11.8. The van der Waals surface area contributed by atoms with Crippen molar-refractivity contribution < 1.29 is 9.59 Å². The lowest BCUT2D eigenvalue weighted by atomic mass is 9.84. The van der Waals surface area contributed by atoms with Crippen LogP contribution < -0.4 is 5.32 Å². The van der Waals surface area contributed by atoms with E-state index in [1.807, 2.05) is 11.9 Å². The van der Waals surface area contributed by atoms with E-state index >= 15 is 0 Å². The second-order valence-electron chi connectivity index (χ2n) is 5.73. The van der Waals surface area contributed by atoms with Crippen LogP contribution in [0.25, 0.3) is 0 Å². The molecule has 1 aliphatic carbocycles. The summed E-state index contributed by atoms with van der Waals surface area (Å²) in [6, 6.07) is 0.641. The number of piperazine rings is 1. The van der Waals surface area contributed by atoms with Crippen LogP contribution in [-0.4, -0.2) is 61.4 Å². The Morgan fingerprint density at radius 1 is 1.16 bits per heavy atom. The van der Waals surface area contributed by atoms with Gasteiger partial charge < -0.3 is 15.1 Å². The highest BCUT2D eigenvalue weighted by Crippen LogP contribution is 2.27. The van der Waals surface area contributed by atoms with Crippen molar-refractivity contribution in [3.8, 4) is 0 Å². The summed E-state index contributed by atoms with van der Waals surface area (Å²) in [7, 11) is 2.02. The molecule has 2 amide bonds. The Labute approximate surface area is 115 Å². The second-order valence-corrected chi connectivity index (χ2v) is 5.73. The number of nitrogens with one attached hydrogen (secondary N) is 1. The standard InChI is InChI=1S/C14H25N3O2/c1-15-13-4-2-12(3-5-13)10-14(19)17-8-6-16(11-18)7-9-17/h11-13,15H,2-10H2,1H3. The highest BCUT2D eigenvalue weighted by molar-refractivity contribution is 5.76. The van der Waals surface area contributed by atoms with Crippen LogP contribution in [0.3, 0.4) is 0 Å². The van der Waals surface area contributed by atoms with E-state index in [0.717, 1.165) is 19.3 Å². The molecule has 2 rings (SSSR count). The largest absolute Gasteiger partial charge is 0.342 e. The summed E-state index contributed by atoms with van der Waals surface area (Å²) < 4.78 is 0. The first kappa shape index (κ1) is 14.3. The van der Waals surface area contributed by atoms with Crippen molar-refractivity contribution in [2.24, 2.45) is 5.92 Å². The number of hydrogen-bond acceptors (Lipinski definition) is 3. The Bertz CT molecular complexity index is 306. The van der Waals surface area contributed by atoms with Crippen molar-refractivity contribution in [1.82, 2.24) is 15.1 Å². The van der Waals surface area contributed by atoms with Gasteiger partial charge in [-0.25, -0.2) is 0 Å². The minimum absolute atomic E-state index is 0.276. The van der Waals surface area contributed by atoms with Gasteiger partial charge in [0, 0.05) is 38.6 Å². The summed E-state index contributed by atoms with van der Waals surface area (Å²) >= 11 is 0. The van der Waals surface area contributed by atoms with Crippen molar-refractivity contribution >= 4 is 12.3 Å². The smallest absolute Gasteiger partial charge is 0.222 e. The Hall–Kier alpha value is -1.10. The van der Waals surface area contributed by atoms with Crippen LogP contribution in [0.15, 0.2) is 0 Å². The predicted molar refractivity (Wildman–Crippen MR) is 73.6 cm³/mol. The Morgan fingerprint density at radius 3 is 2.32 bits per heavy atom. The average molecular weight is 267 g/mol. The first-order valence-corrected chi connectivity index (χ1v) is 7.37. The van der Waals surface area contributed by atoms with Crippen molar-refractivity contribution in [3.63, 3.8) is 0 Å². The summed E-state index contributed by atoms with van der Waals surface area (Å²) in [5.74, 6) is 0.833. The van der Waals surface area contributed by atoms with Gasteiger partial charge in [0.15, 0.2) is 0 Å². The topological polar surface area (TPSA) is 52.7 Å². The van der Waals surface area contributed by atoms with Crippen LogP contribution >= 0.6 is 0 Å². The second kappa shape index (κ2) is 6.89. The maximum Gasteiger partial charge on any atom is 0.222 e. The molecule has 19 heavy (non-hydrogen) atoms. The number of carbonyl (C=O) groups excluding carboxylic acids is 2. The maximum atomic E-state index is 12.2. The molecule has 0 atom stereocenters. The summed E-state index contributed by atoms with van der Waals surface area (Å²) in [6.07, 6.45) is 6.26. The molecule has 2 fully saturated rings. The van der Waals surface area contributed by atoms with Crippen LogP contribution in [0.4, 0.5) is 0 Å². The summed E-state index contributed by atoms with van der Waals surface area (Å²) in [5.41, 5.74) is 0. The summed E-state index contributed by atoms with van der Waals surface area (Å²) in [6.45, 7) is 2.76. The van der Waals surface area contributed by atoms with Gasteiger partial charge in [0.2, 0.25) is 12.3 Å². The molecule has 0 aromatic rings. The number of amides is 2. The lowest BCUT2D eigenvalue weighted by Crippen LogP contribution is -2.48. The van der Waals surface area contributed by atoms with Gasteiger partial charge >= 0.3 is 0 Å². The van der Waals surface area contributed by atoms with Gasteiger partial charge in [0.1, 0.15) is 0 Å². The molecule has 5 heteroatoms. The Balaban J connectivity index is 1.71. The van der Waals surface area contributed by atoms with E-state index in [1.54, 1.807) is 4.90 Å². The zero-order chi connectivity index (χ0) is 13.7. The predicted octanol–water partition coefficient (Wildman–Crippen LogP) is 0.455. The number of rotatable bonds is 4. The van der Waals surface area contributed by atoms with Gasteiger partial charge in [-0.15, -0.1) is 0 Å². The van der Waals surface area contributed by atoms with Gasteiger partial charge in [-0.1, -0.05) is 0 Å². The third-order valence-corrected chi connectivity index (χ3v) is 4.53. The fourth-order valence-electron chi connectivity index (χ4n) is 3.11. The molecule has 108 valence electrons. The molecule has 1 saturated heterocycles. The quantitative estimate of drug-likeness (QED) is 0.753. The monoisotopic (exact) mass is 267 g/mol. The first-order valence-electron chi connectivity index (χ1n) is 7.37. The van der Waals surface area contributed by atoms with E-state index in [2.05, 4.69) is 5.32 Å². The molecule has 0 bridgehead atoms. The van der Waals surface area contributed by atoms with Crippen LogP contribution in [0, 0.1) is 5.92 Å². The van der Waals surface area contributed by atoms with E-state index in [4.69, 9.17) is 0 Å².